The molecule has 0 radical (unpaired) electrons. The summed E-state index contributed by atoms with van der Waals surface area (Å²) in [6, 6.07) is 1.99. The summed E-state index contributed by atoms with van der Waals surface area (Å²) in [5.41, 5.74) is 0. The van der Waals surface area contributed by atoms with Gasteiger partial charge in [0.05, 0.1) is 10.6 Å². The largest absolute Gasteiger partial charge is 0.511 e. The van der Waals surface area contributed by atoms with Crippen molar-refractivity contribution in [3.05, 3.63) is 10.2 Å². The Labute approximate surface area is 78.8 Å². The maximum absolute atomic E-state index is 11.1. The summed E-state index contributed by atoms with van der Waals surface area (Å²) in [6.07, 6.45) is 1.12. The van der Waals surface area contributed by atoms with Crippen molar-refractivity contribution in [1.82, 2.24) is 0 Å². The second kappa shape index (κ2) is 3.72. The number of allylic oxidation sites excluding steroid dienone is 2. The molecule has 64 valence electrons. The van der Waals surface area contributed by atoms with E-state index in [1.54, 1.807) is 0 Å². The highest BCUT2D eigenvalue weighted by molar-refractivity contribution is 9.12. The van der Waals surface area contributed by atoms with E-state index in [4.69, 9.17) is 5.26 Å². The van der Waals surface area contributed by atoms with Crippen LogP contribution in [0, 0.1) is 17.2 Å². The first kappa shape index (κ1) is 9.27. The first-order chi connectivity index (χ1) is 5.65. The number of hydrogen-bond donors (Lipinski definition) is 1. The minimum atomic E-state index is -0.112. The molecule has 1 atom stereocenters. The van der Waals surface area contributed by atoms with E-state index < -0.39 is 0 Å². The molecule has 0 heterocycles. The normalized spacial score (nSPS) is 24.0. The van der Waals surface area contributed by atoms with Gasteiger partial charge in [-0.05, 0) is 21.8 Å². The Balaban J connectivity index is 2.73. The fraction of sp³-hybridized carbons (Fsp3) is 0.500. The molecule has 4 heteroatoms. The summed E-state index contributed by atoms with van der Waals surface area (Å²) in [6.45, 7) is 0. The number of aliphatic hydroxyl groups is 1. The molecule has 0 fully saturated rings. The van der Waals surface area contributed by atoms with E-state index in [0.717, 1.165) is 0 Å². The lowest BCUT2D eigenvalue weighted by Gasteiger charge is -2.18. The highest BCUT2D eigenvalue weighted by atomic mass is 79.9. The highest BCUT2D eigenvalue weighted by Crippen LogP contribution is 2.30. The number of carbonyl (C=O) groups is 1. The van der Waals surface area contributed by atoms with E-state index in [1.165, 1.54) is 0 Å². The molecule has 1 aliphatic carbocycles. The van der Waals surface area contributed by atoms with Crippen LogP contribution in [0.4, 0.5) is 0 Å². The van der Waals surface area contributed by atoms with Gasteiger partial charge in [-0.3, -0.25) is 4.79 Å². The Morgan fingerprint density at radius 3 is 2.83 bits per heavy atom. The van der Waals surface area contributed by atoms with Gasteiger partial charge in [-0.25, -0.2) is 0 Å². The summed E-state index contributed by atoms with van der Waals surface area (Å²) in [5, 5.41) is 17.6. The fourth-order valence-electron chi connectivity index (χ4n) is 1.22. The summed E-state index contributed by atoms with van der Waals surface area (Å²) in [5.74, 6) is -0.0469. The Kier molecular flexibility index (Phi) is 2.88. The zero-order valence-electron chi connectivity index (χ0n) is 6.38. The average Bonchev–Trinajstić information content (AvgIpc) is 2.01. The summed E-state index contributed by atoms with van der Waals surface area (Å²) in [7, 11) is 0. The van der Waals surface area contributed by atoms with Gasteiger partial charge in [-0.1, -0.05) is 0 Å². The zero-order chi connectivity index (χ0) is 9.14. The molecule has 12 heavy (non-hydrogen) atoms. The molecule has 1 N–H and O–H groups in total. The first-order valence-electron chi connectivity index (χ1n) is 3.63. The maximum Gasteiger partial charge on any atom is 0.173 e. The van der Waals surface area contributed by atoms with Gasteiger partial charge >= 0.3 is 0 Å². The second-order valence-corrected chi connectivity index (χ2v) is 3.61. The maximum atomic E-state index is 11.1. The van der Waals surface area contributed by atoms with E-state index in [9.17, 15) is 9.90 Å². The first-order valence-corrected chi connectivity index (χ1v) is 4.42. The highest BCUT2D eigenvalue weighted by Gasteiger charge is 2.25. The molecule has 1 unspecified atom stereocenters. The molecular formula is C8H8BrNO2. The standard InChI is InChI=1S/C8H8BrNO2/c9-8-6(11)3-5(1-2-10)4-7(8)12/h5,11H,1,3-4H2. The van der Waals surface area contributed by atoms with Crippen molar-refractivity contribution in [1.29, 1.82) is 5.26 Å². The van der Waals surface area contributed by atoms with Crippen molar-refractivity contribution in [2.75, 3.05) is 0 Å². The van der Waals surface area contributed by atoms with Crippen LogP contribution in [0.3, 0.4) is 0 Å². The molecule has 0 aromatic carbocycles. The molecule has 1 aliphatic rings. The number of halogens is 1. The number of hydrogen-bond acceptors (Lipinski definition) is 3. The molecule has 1 rings (SSSR count). The minimum absolute atomic E-state index is 0.0104. The number of Topliss-reactive ketones (excluding diaryl/α,β-unsaturated/α-hetero) is 1. The topological polar surface area (TPSA) is 61.1 Å². The predicted molar refractivity (Wildman–Crippen MR) is 46.5 cm³/mol. The van der Waals surface area contributed by atoms with Crippen molar-refractivity contribution in [2.24, 2.45) is 5.92 Å². The van der Waals surface area contributed by atoms with Gasteiger partial charge in [0.1, 0.15) is 5.76 Å². The van der Waals surface area contributed by atoms with E-state index in [2.05, 4.69) is 15.9 Å². The molecule has 0 aromatic rings. The third-order valence-corrected chi connectivity index (χ3v) is 2.73. The number of carbonyl (C=O) groups excluding carboxylic acids is 1. The third-order valence-electron chi connectivity index (χ3n) is 1.83. The molecule has 0 bridgehead atoms. The Morgan fingerprint density at radius 1 is 1.67 bits per heavy atom. The van der Waals surface area contributed by atoms with Crippen LogP contribution in [0.15, 0.2) is 10.2 Å². The molecular weight excluding hydrogens is 222 g/mol. The minimum Gasteiger partial charge on any atom is -0.511 e. The van der Waals surface area contributed by atoms with Crippen molar-refractivity contribution < 1.29 is 9.90 Å². The van der Waals surface area contributed by atoms with Crippen molar-refractivity contribution >= 4 is 21.7 Å². The number of rotatable bonds is 1. The van der Waals surface area contributed by atoms with Crippen LogP contribution in [0.25, 0.3) is 0 Å². The lowest BCUT2D eigenvalue weighted by molar-refractivity contribution is -0.116. The van der Waals surface area contributed by atoms with Crippen LogP contribution >= 0.6 is 15.9 Å². The number of ketones is 1. The summed E-state index contributed by atoms with van der Waals surface area (Å²) >= 11 is 2.99. The molecule has 0 saturated carbocycles. The Morgan fingerprint density at radius 2 is 2.33 bits per heavy atom. The van der Waals surface area contributed by atoms with Crippen LogP contribution in [-0.2, 0) is 4.79 Å². The van der Waals surface area contributed by atoms with E-state index in [1.807, 2.05) is 6.07 Å². The Hall–Kier alpha value is -0.820. The summed E-state index contributed by atoms with van der Waals surface area (Å²) in [4.78, 5) is 11.1. The van der Waals surface area contributed by atoms with Gasteiger partial charge in [-0.2, -0.15) is 5.26 Å². The van der Waals surface area contributed by atoms with Crippen molar-refractivity contribution in [3.8, 4) is 6.07 Å². The fourth-order valence-corrected chi connectivity index (χ4v) is 1.55. The van der Waals surface area contributed by atoms with Gasteiger partial charge < -0.3 is 5.11 Å². The van der Waals surface area contributed by atoms with Gasteiger partial charge in [0.2, 0.25) is 0 Å². The molecule has 0 aliphatic heterocycles. The predicted octanol–water partition coefficient (Wildman–Crippen LogP) is 2.04. The lowest BCUT2D eigenvalue weighted by atomic mass is 9.90. The van der Waals surface area contributed by atoms with Gasteiger partial charge in [-0.15, -0.1) is 0 Å². The van der Waals surface area contributed by atoms with E-state index >= 15 is 0 Å². The van der Waals surface area contributed by atoms with Crippen LogP contribution < -0.4 is 0 Å². The zero-order valence-corrected chi connectivity index (χ0v) is 7.97. The molecule has 0 aromatic heterocycles. The summed E-state index contributed by atoms with van der Waals surface area (Å²) < 4.78 is 0.275. The van der Waals surface area contributed by atoms with Crippen LogP contribution in [0.2, 0.25) is 0 Å². The van der Waals surface area contributed by atoms with Crippen molar-refractivity contribution in [3.63, 3.8) is 0 Å². The van der Waals surface area contributed by atoms with E-state index in [-0.39, 0.29) is 21.9 Å². The molecule has 3 nitrogen and oxygen atoms in total. The molecule has 0 spiro atoms. The average molecular weight is 230 g/mol. The second-order valence-electron chi connectivity index (χ2n) is 2.82. The van der Waals surface area contributed by atoms with Crippen molar-refractivity contribution in [2.45, 2.75) is 19.3 Å². The number of nitrogens with zero attached hydrogens (tertiary/aromatic N) is 1. The SMILES string of the molecule is N#CCC1CC(=O)C(Br)=C(O)C1. The molecule has 0 amide bonds. The van der Waals surface area contributed by atoms with Crippen LogP contribution in [-0.4, -0.2) is 10.9 Å². The number of aliphatic hydroxyl groups excluding tert-OH is 1. The van der Waals surface area contributed by atoms with Gasteiger partial charge in [0, 0.05) is 19.3 Å². The monoisotopic (exact) mass is 229 g/mol. The Bertz CT molecular complexity index is 277. The van der Waals surface area contributed by atoms with Gasteiger partial charge in [0.15, 0.2) is 5.78 Å². The third kappa shape index (κ3) is 1.86. The lowest BCUT2D eigenvalue weighted by Crippen LogP contribution is -2.16. The van der Waals surface area contributed by atoms with Crippen LogP contribution in [0.1, 0.15) is 19.3 Å². The smallest absolute Gasteiger partial charge is 0.173 e. The quantitative estimate of drug-likeness (QED) is 0.749. The van der Waals surface area contributed by atoms with E-state index in [0.29, 0.717) is 19.3 Å². The molecule has 0 saturated heterocycles. The van der Waals surface area contributed by atoms with Crippen LogP contribution in [0.5, 0.6) is 0 Å². The van der Waals surface area contributed by atoms with Gasteiger partial charge in [0.25, 0.3) is 0 Å². The number of nitriles is 1.